The molecule has 24 heavy (non-hydrogen) atoms. The highest BCUT2D eigenvalue weighted by Crippen LogP contribution is 2.18. The molecule has 1 aromatic carbocycles. The number of hydrogen-bond donors (Lipinski definition) is 1. The van der Waals surface area contributed by atoms with Crippen LogP contribution in [0.3, 0.4) is 0 Å². The van der Waals surface area contributed by atoms with Crippen LogP contribution < -0.4 is 5.32 Å². The zero-order valence-corrected chi connectivity index (χ0v) is 17.4. The summed E-state index contributed by atoms with van der Waals surface area (Å²) >= 11 is 1.81. The van der Waals surface area contributed by atoms with Gasteiger partial charge in [-0.2, -0.15) is 0 Å². The molecule has 0 aliphatic carbocycles. The summed E-state index contributed by atoms with van der Waals surface area (Å²) < 4.78 is 0. The van der Waals surface area contributed by atoms with Gasteiger partial charge in [-0.15, -0.1) is 35.3 Å². The number of aliphatic imine (C=N–C) groups is 1. The lowest BCUT2D eigenvalue weighted by Crippen LogP contribution is -2.44. The molecule has 3 rings (SSSR count). The van der Waals surface area contributed by atoms with Gasteiger partial charge in [0.1, 0.15) is 0 Å². The summed E-state index contributed by atoms with van der Waals surface area (Å²) in [7, 11) is 1.86. The molecule has 0 radical (unpaired) electrons. The van der Waals surface area contributed by atoms with E-state index in [9.17, 15) is 0 Å². The first-order chi connectivity index (χ1) is 11.3. The molecule has 0 amide bonds. The molecule has 0 atom stereocenters. The molecule has 4 nitrogen and oxygen atoms in total. The fourth-order valence-corrected chi connectivity index (χ4v) is 3.78. The highest BCUT2D eigenvalue weighted by Gasteiger charge is 2.18. The zero-order valence-electron chi connectivity index (χ0n) is 14.3. The number of aryl methyl sites for hydroxylation is 1. The van der Waals surface area contributed by atoms with E-state index in [0.717, 1.165) is 44.9 Å². The van der Waals surface area contributed by atoms with Crippen LogP contribution >= 0.6 is 35.3 Å². The average Bonchev–Trinajstić information content (AvgIpc) is 3.06. The summed E-state index contributed by atoms with van der Waals surface area (Å²) in [5, 5.41) is 4.69. The summed E-state index contributed by atoms with van der Waals surface area (Å²) in [5.41, 5.74) is 2.88. The van der Waals surface area contributed by atoms with Gasteiger partial charge in [0.2, 0.25) is 0 Å². The van der Waals surface area contributed by atoms with Gasteiger partial charge in [-0.3, -0.25) is 4.99 Å². The van der Waals surface area contributed by atoms with E-state index in [-0.39, 0.29) is 24.0 Å². The van der Waals surface area contributed by atoms with Gasteiger partial charge in [0.15, 0.2) is 5.96 Å². The summed E-state index contributed by atoms with van der Waals surface area (Å²) in [4.78, 5) is 12.6. The number of benzene rings is 1. The monoisotopic (exact) mass is 456 g/mol. The predicted molar refractivity (Wildman–Crippen MR) is 113 cm³/mol. The molecule has 1 N–H and O–H groups in total. The van der Waals surface area contributed by atoms with E-state index in [1.165, 1.54) is 21.0 Å². The molecule has 1 aromatic heterocycles. The molecule has 0 unspecified atom stereocenters. The third kappa shape index (κ3) is 4.69. The van der Waals surface area contributed by atoms with Crippen molar-refractivity contribution in [3.63, 3.8) is 0 Å². The maximum Gasteiger partial charge on any atom is 0.193 e. The summed E-state index contributed by atoms with van der Waals surface area (Å²) in [6.07, 6.45) is 5.10. The topological polar surface area (TPSA) is 40.5 Å². The Morgan fingerprint density at radius 2 is 2.12 bits per heavy atom. The van der Waals surface area contributed by atoms with Crippen molar-refractivity contribution < 1.29 is 0 Å². The molecule has 6 heteroatoms. The maximum atomic E-state index is 4.48. The summed E-state index contributed by atoms with van der Waals surface area (Å²) in [5.74, 6) is 0.992. The molecule has 0 bridgehead atoms. The fraction of sp³-hybridized carbons (Fsp3) is 0.444. The molecule has 2 heterocycles. The number of hydrogen-bond acceptors (Lipinski definition) is 3. The number of aromatic nitrogens is 1. The summed E-state index contributed by atoms with van der Waals surface area (Å²) in [6, 6.07) is 8.69. The molecule has 0 spiro atoms. The van der Waals surface area contributed by atoms with Gasteiger partial charge in [-0.05, 0) is 24.0 Å². The Balaban J connectivity index is 0.00000208. The maximum absolute atomic E-state index is 4.48. The average molecular weight is 456 g/mol. The van der Waals surface area contributed by atoms with E-state index in [4.69, 9.17) is 0 Å². The van der Waals surface area contributed by atoms with E-state index in [0.29, 0.717) is 0 Å². The molecule has 0 saturated heterocycles. The van der Waals surface area contributed by atoms with E-state index < -0.39 is 0 Å². The lowest BCUT2D eigenvalue weighted by molar-refractivity contribution is 0.379. The predicted octanol–water partition coefficient (Wildman–Crippen LogP) is 3.50. The van der Waals surface area contributed by atoms with Crippen LogP contribution in [0.4, 0.5) is 0 Å². The standard InChI is InChI=1S/C18H24N4S.HI/c1-3-16-12-21-17(23-16)8-10-20-18(19-2)22-11-9-14-6-4-5-7-15(14)13-22;/h4-7,12H,3,8-11,13H2,1-2H3,(H,19,20);1H. The highest BCUT2D eigenvalue weighted by molar-refractivity contribution is 14.0. The van der Waals surface area contributed by atoms with Gasteiger partial charge in [-0.1, -0.05) is 31.2 Å². The minimum Gasteiger partial charge on any atom is -0.356 e. The number of nitrogens with one attached hydrogen (secondary N) is 1. The molecule has 2 aromatic rings. The molecule has 0 fully saturated rings. The van der Waals surface area contributed by atoms with Crippen LogP contribution in [-0.4, -0.2) is 36.0 Å². The Kier molecular flexibility index (Phi) is 7.48. The molecular formula is C18H25IN4S. The second-order valence-electron chi connectivity index (χ2n) is 5.74. The van der Waals surface area contributed by atoms with Crippen LogP contribution in [0.25, 0.3) is 0 Å². The van der Waals surface area contributed by atoms with Crippen LogP contribution in [0.15, 0.2) is 35.5 Å². The van der Waals surface area contributed by atoms with Gasteiger partial charge in [-0.25, -0.2) is 4.98 Å². The first-order valence-corrected chi connectivity index (χ1v) is 9.07. The minimum absolute atomic E-state index is 0. The van der Waals surface area contributed by atoms with Crippen molar-refractivity contribution in [1.29, 1.82) is 0 Å². The quantitative estimate of drug-likeness (QED) is 0.435. The normalized spacial score (nSPS) is 14.1. The Bertz CT molecular complexity index is 683. The van der Waals surface area contributed by atoms with E-state index >= 15 is 0 Å². The number of guanidine groups is 1. The fourth-order valence-electron chi connectivity index (χ4n) is 2.92. The smallest absolute Gasteiger partial charge is 0.193 e. The van der Waals surface area contributed by atoms with Crippen molar-refractivity contribution >= 4 is 41.3 Å². The van der Waals surface area contributed by atoms with Crippen LogP contribution in [0.5, 0.6) is 0 Å². The summed E-state index contributed by atoms with van der Waals surface area (Å²) in [6.45, 7) is 5.01. The number of fused-ring (bicyclic) bond motifs is 1. The van der Waals surface area contributed by atoms with Crippen molar-refractivity contribution in [2.45, 2.75) is 32.7 Å². The molecule has 130 valence electrons. The second-order valence-corrected chi connectivity index (χ2v) is 6.94. The van der Waals surface area contributed by atoms with E-state index in [2.05, 4.69) is 51.4 Å². The number of halogens is 1. The van der Waals surface area contributed by atoms with Crippen molar-refractivity contribution in [3.8, 4) is 0 Å². The van der Waals surface area contributed by atoms with Gasteiger partial charge in [0.25, 0.3) is 0 Å². The van der Waals surface area contributed by atoms with Crippen molar-refractivity contribution in [1.82, 2.24) is 15.2 Å². The third-order valence-electron chi connectivity index (χ3n) is 4.21. The van der Waals surface area contributed by atoms with E-state index in [1.807, 2.05) is 24.6 Å². The van der Waals surface area contributed by atoms with Crippen LogP contribution in [-0.2, 0) is 25.8 Å². The van der Waals surface area contributed by atoms with Gasteiger partial charge in [0, 0.05) is 44.2 Å². The third-order valence-corrected chi connectivity index (χ3v) is 5.42. The van der Waals surface area contributed by atoms with Gasteiger partial charge < -0.3 is 10.2 Å². The Morgan fingerprint density at radius 1 is 1.33 bits per heavy atom. The van der Waals surface area contributed by atoms with Crippen LogP contribution in [0, 0.1) is 0 Å². The zero-order chi connectivity index (χ0) is 16.1. The molecule has 1 aliphatic rings. The van der Waals surface area contributed by atoms with Crippen LogP contribution in [0.2, 0.25) is 0 Å². The first-order valence-electron chi connectivity index (χ1n) is 8.26. The molecule has 0 saturated carbocycles. The highest BCUT2D eigenvalue weighted by atomic mass is 127. The number of nitrogens with zero attached hydrogens (tertiary/aromatic N) is 3. The second kappa shape index (κ2) is 9.36. The largest absolute Gasteiger partial charge is 0.356 e. The number of thiazole rings is 1. The van der Waals surface area contributed by atoms with Gasteiger partial charge in [0.05, 0.1) is 5.01 Å². The lowest BCUT2D eigenvalue weighted by atomic mass is 10.0. The Morgan fingerprint density at radius 3 is 2.83 bits per heavy atom. The van der Waals surface area contributed by atoms with Crippen molar-refractivity contribution in [2.75, 3.05) is 20.1 Å². The lowest BCUT2D eigenvalue weighted by Gasteiger charge is -2.31. The van der Waals surface area contributed by atoms with Gasteiger partial charge >= 0.3 is 0 Å². The number of rotatable bonds is 4. The SMILES string of the molecule is CCc1cnc(CCNC(=NC)N2CCc3ccccc3C2)s1.I. The van der Waals surface area contributed by atoms with Crippen molar-refractivity contribution in [2.24, 2.45) is 4.99 Å². The first kappa shape index (κ1) is 19.2. The van der Waals surface area contributed by atoms with E-state index in [1.54, 1.807) is 0 Å². The molecular weight excluding hydrogens is 431 g/mol. The minimum atomic E-state index is 0. The molecule has 1 aliphatic heterocycles. The Labute approximate surface area is 165 Å². The van der Waals surface area contributed by atoms with Crippen molar-refractivity contribution in [3.05, 3.63) is 51.5 Å². The van der Waals surface area contributed by atoms with Crippen LogP contribution in [0.1, 0.15) is 27.9 Å². The Hall–Kier alpha value is -1.15.